The molecule has 0 saturated heterocycles. The fourth-order valence-electron chi connectivity index (χ4n) is 9.73. The molecule has 0 aliphatic heterocycles. The van der Waals surface area contributed by atoms with Gasteiger partial charge in [-0.3, -0.25) is 14.4 Å². The van der Waals surface area contributed by atoms with Gasteiger partial charge in [-0.1, -0.05) is 317 Å². The molecule has 0 aliphatic carbocycles. The molecule has 0 amide bonds. The number of carbonyl (C=O) groups is 3. The second-order valence-corrected chi connectivity index (χ2v) is 22.4. The van der Waals surface area contributed by atoms with Crippen LogP contribution in [0.4, 0.5) is 0 Å². The van der Waals surface area contributed by atoms with Crippen LogP contribution in [0.1, 0.15) is 356 Å². The Morgan fingerprint density at radius 3 is 0.826 bits per heavy atom. The summed E-state index contributed by atoms with van der Waals surface area (Å²) in [5, 5.41) is 0. The summed E-state index contributed by atoms with van der Waals surface area (Å²) in [6.45, 7) is 11.5. The van der Waals surface area contributed by atoms with Crippen LogP contribution in [0.25, 0.3) is 0 Å². The van der Waals surface area contributed by atoms with E-state index in [9.17, 15) is 14.4 Å². The van der Waals surface area contributed by atoms with E-state index < -0.39 is 6.10 Å². The molecule has 0 aromatic heterocycles. The molecule has 0 rings (SSSR count). The molecule has 6 heteroatoms. The van der Waals surface area contributed by atoms with Gasteiger partial charge in [-0.2, -0.15) is 0 Å². The van der Waals surface area contributed by atoms with E-state index in [0.717, 1.165) is 69.6 Å². The van der Waals surface area contributed by atoms with E-state index in [2.05, 4.69) is 34.6 Å². The van der Waals surface area contributed by atoms with E-state index in [-0.39, 0.29) is 31.1 Å². The quantitative estimate of drug-likeness (QED) is 0.0343. The number of hydrogen-bond acceptors (Lipinski definition) is 6. The predicted octanol–water partition coefficient (Wildman–Crippen LogP) is 20.8. The Morgan fingerprint density at radius 1 is 0.304 bits per heavy atom. The Kier molecular flexibility index (Phi) is 54.4. The third-order valence-corrected chi connectivity index (χ3v) is 14.8. The molecule has 2 atom stereocenters. The van der Waals surface area contributed by atoms with Crippen LogP contribution in [0, 0.1) is 11.8 Å². The van der Waals surface area contributed by atoms with Gasteiger partial charge in [-0.15, -0.1) is 0 Å². The second kappa shape index (κ2) is 55.7. The van der Waals surface area contributed by atoms with Crippen LogP contribution in [0.3, 0.4) is 0 Å². The molecular formula is C63H122O6. The predicted molar refractivity (Wildman–Crippen MR) is 298 cm³/mol. The summed E-state index contributed by atoms with van der Waals surface area (Å²) in [6.07, 6.45) is 61.0. The van der Waals surface area contributed by atoms with Crippen molar-refractivity contribution in [1.29, 1.82) is 0 Å². The molecule has 0 aromatic rings. The molecule has 0 bridgehead atoms. The maximum absolute atomic E-state index is 12.9. The van der Waals surface area contributed by atoms with E-state index in [0.29, 0.717) is 19.3 Å². The summed E-state index contributed by atoms with van der Waals surface area (Å²) in [4.78, 5) is 38.2. The second-order valence-electron chi connectivity index (χ2n) is 22.4. The van der Waals surface area contributed by atoms with Crippen LogP contribution in [-0.2, 0) is 28.6 Å². The van der Waals surface area contributed by atoms with Crippen LogP contribution in [-0.4, -0.2) is 37.2 Å². The number of rotatable bonds is 57. The van der Waals surface area contributed by atoms with Crippen molar-refractivity contribution in [3.05, 3.63) is 0 Å². The van der Waals surface area contributed by atoms with Gasteiger partial charge in [0.1, 0.15) is 13.2 Å². The third kappa shape index (κ3) is 55.6. The molecule has 0 fully saturated rings. The van der Waals surface area contributed by atoms with Gasteiger partial charge in [0.15, 0.2) is 6.10 Å². The highest BCUT2D eigenvalue weighted by atomic mass is 16.6. The fraction of sp³-hybridized carbons (Fsp3) is 0.952. The van der Waals surface area contributed by atoms with E-state index in [4.69, 9.17) is 14.2 Å². The van der Waals surface area contributed by atoms with Gasteiger partial charge >= 0.3 is 17.9 Å². The summed E-state index contributed by atoms with van der Waals surface area (Å²) in [7, 11) is 0. The summed E-state index contributed by atoms with van der Waals surface area (Å²) in [6, 6.07) is 0. The van der Waals surface area contributed by atoms with Crippen LogP contribution in [0.15, 0.2) is 0 Å². The van der Waals surface area contributed by atoms with Crippen molar-refractivity contribution < 1.29 is 28.6 Å². The Morgan fingerprint density at radius 2 is 0.551 bits per heavy atom. The van der Waals surface area contributed by atoms with Gasteiger partial charge in [-0.25, -0.2) is 0 Å². The Labute approximate surface area is 431 Å². The Hall–Kier alpha value is -1.59. The number of carbonyl (C=O) groups excluding carboxylic acids is 3. The van der Waals surface area contributed by atoms with Crippen molar-refractivity contribution >= 4 is 17.9 Å². The summed E-state index contributed by atoms with van der Waals surface area (Å²) in [5.41, 5.74) is 0. The zero-order chi connectivity index (χ0) is 50.4. The van der Waals surface area contributed by atoms with Crippen molar-refractivity contribution in [3.8, 4) is 0 Å². The lowest BCUT2D eigenvalue weighted by Crippen LogP contribution is -2.30. The largest absolute Gasteiger partial charge is 0.462 e. The number of esters is 3. The first-order valence-electron chi connectivity index (χ1n) is 31.3. The molecule has 1 unspecified atom stereocenters. The van der Waals surface area contributed by atoms with Crippen molar-refractivity contribution in [2.75, 3.05) is 13.2 Å². The minimum Gasteiger partial charge on any atom is -0.462 e. The van der Waals surface area contributed by atoms with E-state index >= 15 is 0 Å². The standard InChI is InChI=1S/C63H122O6/c1-6-8-9-10-11-12-13-14-19-24-29-35-40-45-50-55-63(66)69-60(57-68-62(65)54-49-44-39-34-30-25-26-31-36-41-46-51-58(3)4)56-67-61(64)53-48-43-38-33-28-23-21-18-16-15-17-20-22-27-32-37-42-47-52-59(5)7-2/h58-60H,6-57H2,1-5H3/t59?,60-/m1/s1. The number of hydrogen-bond donors (Lipinski definition) is 0. The summed E-state index contributed by atoms with van der Waals surface area (Å²) >= 11 is 0. The maximum Gasteiger partial charge on any atom is 0.306 e. The molecular weight excluding hydrogens is 853 g/mol. The van der Waals surface area contributed by atoms with Crippen molar-refractivity contribution in [1.82, 2.24) is 0 Å². The third-order valence-electron chi connectivity index (χ3n) is 14.8. The lowest BCUT2D eigenvalue weighted by atomic mass is 9.99. The van der Waals surface area contributed by atoms with Crippen LogP contribution in [0.2, 0.25) is 0 Å². The molecule has 6 nitrogen and oxygen atoms in total. The zero-order valence-electron chi connectivity index (χ0n) is 47.5. The van der Waals surface area contributed by atoms with Gasteiger partial charge in [0.05, 0.1) is 0 Å². The SMILES string of the molecule is CCCCCCCCCCCCCCCCCC(=O)O[C@H](COC(=O)CCCCCCCCCCCCCCCCCCCCC(C)CC)COC(=O)CCCCCCCCCCCCCC(C)C. The fourth-order valence-corrected chi connectivity index (χ4v) is 9.73. The first-order valence-corrected chi connectivity index (χ1v) is 31.3. The molecule has 69 heavy (non-hydrogen) atoms. The Bertz CT molecular complexity index is 1060. The van der Waals surface area contributed by atoms with Gasteiger partial charge in [0, 0.05) is 19.3 Å². The van der Waals surface area contributed by atoms with E-state index in [1.54, 1.807) is 0 Å². The highest BCUT2D eigenvalue weighted by Gasteiger charge is 2.19. The van der Waals surface area contributed by atoms with Gasteiger partial charge in [0.25, 0.3) is 0 Å². The molecule has 0 N–H and O–H groups in total. The van der Waals surface area contributed by atoms with Gasteiger partial charge < -0.3 is 14.2 Å². The first-order chi connectivity index (χ1) is 33.8. The van der Waals surface area contributed by atoms with E-state index in [1.807, 2.05) is 0 Å². The van der Waals surface area contributed by atoms with Crippen molar-refractivity contribution in [2.24, 2.45) is 11.8 Å². The molecule has 0 saturated carbocycles. The normalized spacial score (nSPS) is 12.4. The maximum atomic E-state index is 12.9. The lowest BCUT2D eigenvalue weighted by molar-refractivity contribution is -0.167. The molecule has 0 radical (unpaired) electrons. The highest BCUT2D eigenvalue weighted by molar-refractivity contribution is 5.71. The smallest absolute Gasteiger partial charge is 0.306 e. The van der Waals surface area contributed by atoms with E-state index in [1.165, 1.54) is 244 Å². The van der Waals surface area contributed by atoms with Gasteiger partial charge in [-0.05, 0) is 31.1 Å². The zero-order valence-corrected chi connectivity index (χ0v) is 47.5. The minimum absolute atomic E-state index is 0.0621. The molecule has 0 aliphatic rings. The monoisotopic (exact) mass is 975 g/mol. The van der Waals surface area contributed by atoms with Gasteiger partial charge in [0.2, 0.25) is 0 Å². The van der Waals surface area contributed by atoms with Crippen LogP contribution < -0.4 is 0 Å². The van der Waals surface area contributed by atoms with Crippen LogP contribution in [0.5, 0.6) is 0 Å². The molecule has 0 spiro atoms. The molecule has 410 valence electrons. The number of ether oxygens (including phenoxy) is 3. The average molecular weight is 976 g/mol. The summed E-state index contributed by atoms with van der Waals surface area (Å²) in [5.74, 6) is 0.903. The molecule has 0 heterocycles. The van der Waals surface area contributed by atoms with Crippen molar-refractivity contribution in [2.45, 2.75) is 362 Å². The highest BCUT2D eigenvalue weighted by Crippen LogP contribution is 2.19. The lowest BCUT2D eigenvalue weighted by Gasteiger charge is -2.18. The topological polar surface area (TPSA) is 78.9 Å². The number of unbranched alkanes of at least 4 members (excludes halogenated alkanes) is 41. The van der Waals surface area contributed by atoms with Crippen LogP contribution >= 0.6 is 0 Å². The average Bonchev–Trinajstić information content (AvgIpc) is 3.34. The first kappa shape index (κ1) is 67.4. The molecule has 0 aromatic carbocycles. The van der Waals surface area contributed by atoms with Crippen molar-refractivity contribution in [3.63, 3.8) is 0 Å². The Balaban J connectivity index is 4.24. The summed E-state index contributed by atoms with van der Waals surface area (Å²) < 4.78 is 16.9. The minimum atomic E-state index is -0.763.